The SMILES string of the molecule is CN(CCC1CCCCC1)CC1(CN)CCC1. The molecule has 2 saturated carbocycles. The van der Waals surface area contributed by atoms with Gasteiger partial charge in [-0.1, -0.05) is 38.5 Å². The standard InChI is InChI=1S/C15H30N2/c1-17(13-15(12-16)9-5-10-15)11-8-14-6-3-2-4-7-14/h14H,2-13,16H2,1H3. The van der Waals surface area contributed by atoms with E-state index in [1.165, 1.54) is 70.9 Å². The van der Waals surface area contributed by atoms with Crippen molar-refractivity contribution in [1.82, 2.24) is 4.90 Å². The van der Waals surface area contributed by atoms with Gasteiger partial charge in [0, 0.05) is 6.54 Å². The molecule has 2 aliphatic carbocycles. The summed E-state index contributed by atoms with van der Waals surface area (Å²) in [5.74, 6) is 1.02. The Bertz CT molecular complexity index is 211. The highest BCUT2D eigenvalue weighted by molar-refractivity contribution is 4.90. The molecule has 2 rings (SSSR count). The van der Waals surface area contributed by atoms with Crippen molar-refractivity contribution < 1.29 is 0 Å². The van der Waals surface area contributed by atoms with Crippen molar-refractivity contribution in [2.45, 2.75) is 57.8 Å². The van der Waals surface area contributed by atoms with Gasteiger partial charge >= 0.3 is 0 Å². The minimum absolute atomic E-state index is 0.487. The summed E-state index contributed by atoms with van der Waals surface area (Å²) in [7, 11) is 2.29. The molecule has 0 aliphatic heterocycles. The Balaban J connectivity index is 1.64. The molecule has 2 heteroatoms. The first kappa shape index (κ1) is 13.4. The van der Waals surface area contributed by atoms with Gasteiger partial charge in [0.15, 0.2) is 0 Å². The van der Waals surface area contributed by atoms with E-state index < -0.39 is 0 Å². The van der Waals surface area contributed by atoms with Crippen molar-refractivity contribution in [3.63, 3.8) is 0 Å². The zero-order valence-corrected chi connectivity index (χ0v) is 11.6. The summed E-state index contributed by atoms with van der Waals surface area (Å²) in [6.07, 6.45) is 12.9. The van der Waals surface area contributed by atoms with Crippen molar-refractivity contribution in [2.75, 3.05) is 26.7 Å². The van der Waals surface area contributed by atoms with Gasteiger partial charge in [0.2, 0.25) is 0 Å². The van der Waals surface area contributed by atoms with Crippen LogP contribution in [0.5, 0.6) is 0 Å². The molecule has 2 N–H and O–H groups in total. The first-order chi connectivity index (χ1) is 8.24. The molecule has 0 saturated heterocycles. The summed E-state index contributed by atoms with van der Waals surface area (Å²) >= 11 is 0. The number of nitrogens with two attached hydrogens (primary N) is 1. The smallest absolute Gasteiger partial charge is 0.00470 e. The molecule has 0 radical (unpaired) electrons. The molecule has 100 valence electrons. The van der Waals surface area contributed by atoms with Gasteiger partial charge in [0.25, 0.3) is 0 Å². The average Bonchev–Trinajstić information content (AvgIpc) is 2.33. The number of hydrogen-bond donors (Lipinski definition) is 1. The molecule has 0 spiro atoms. The summed E-state index contributed by atoms with van der Waals surface area (Å²) < 4.78 is 0. The monoisotopic (exact) mass is 238 g/mol. The highest BCUT2D eigenvalue weighted by Crippen LogP contribution is 2.40. The molecule has 17 heavy (non-hydrogen) atoms. The van der Waals surface area contributed by atoms with E-state index in [2.05, 4.69) is 11.9 Å². The van der Waals surface area contributed by atoms with Gasteiger partial charge in [0.05, 0.1) is 0 Å². The lowest BCUT2D eigenvalue weighted by Gasteiger charge is -2.43. The molecular formula is C15H30N2. The van der Waals surface area contributed by atoms with Crippen LogP contribution >= 0.6 is 0 Å². The van der Waals surface area contributed by atoms with Crippen LogP contribution in [0.4, 0.5) is 0 Å². The summed E-state index contributed by atoms with van der Waals surface area (Å²) in [6.45, 7) is 3.41. The maximum Gasteiger partial charge on any atom is 0.00470 e. The van der Waals surface area contributed by atoms with Crippen molar-refractivity contribution in [2.24, 2.45) is 17.1 Å². The van der Waals surface area contributed by atoms with E-state index in [1.807, 2.05) is 0 Å². The molecule has 0 atom stereocenters. The van der Waals surface area contributed by atoms with Crippen LogP contribution in [0.2, 0.25) is 0 Å². The third kappa shape index (κ3) is 3.69. The van der Waals surface area contributed by atoms with Crippen molar-refractivity contribution in [3.05, 3.63) is 0 Å². The highest BCUT2D eigenvalue weighted by Gasteiger charge is 2.36. The van der Waals surface area contributed by atoms with Crippen molar-refractivity contribution in [1.29, 1.82) is 0 Å². The fourth-order valence-corrected chi connectivity index (χ4v) is 3.63. The van der Waals surface area contributed by atoms with Crippen LogP contribution in [0.3, 0.4) is 0 Å². The van der Waals surface area contributed by atoms with Gasteiger partial charge < -0.3 is 10.6 Å². The molecule has 0 amide bonds. The quantitative estimate of drug-likeness (QED) is 0.771. The lowest BCUT2D eigenvalue weighted by atomic mass is 9.68. The Morgan fingerprint density at radius 2 is 1.82 bits per heavy atom. The van der Waals surface area contributed by atoms with Gasteiger partial charge in [-0.25, -0.2) is 0 Å². The fraction of sp³-hybridized carbons (Fsp3) is 1.00. The zero-order chi connectivity index (χ0) is 12.1. The second-order valence-electron chi connectivity index (χ2n) is 6.59. The van der Waals surface area contributed by atoms with Crippen LogP contribution < -0.4 is 5.73 Å². The lowest BCUT2D eigenvalue weighted by molar-refractivity contribution is 0.0838. The molecule has 0 heterocycles. The average molecular weight is 238 g/mol. The minimum Gasteiger partial charge on any atom is -0.330 e. The van der Waals surface area contributed by atoms with E-state index >= 15 is 0 Å². The van der Waals surface area contributed by atoms with Crippen LogP contribution in [-0.2, 0) is 0 Å². The van der Waals surface area contributed by atoms with Gasteiger partial charge in [-0.05, 0) is 50.7 Å². The first-order valence-corrected chi connectivity index (χ1v) is 7.63. The normalized spacial score (nSPS) is 24.9. The van der Waals surface area contributed by atoms with Gasteiger partial charge in [-0.2, -0.15) is 0 Å². The predicted octanol–water partition coefficient (Wildman–Crippen LogP) is 3.02. The first-order valence-electron chi connectivity index (χ1n) is 7.63. The third-order valence-electron chi connectivity index (χ3n) is 5.10. The highest BCUT2D eigenvalue weighted by atomic mass is 15.1. The molecule has 0 unspecified atom stereocenters. The van der Waals surface area contributed by atoms with Crippen LogP contribution in [0, 0.1) is 11.3 Å². The topological polar surface area (TPSA) is 29.3 Å². The summed E-state index contributed by atoms with van der Waals surface area (Å²) in [4.78, 5) is 2.54. The largest absolute Gasteiger partial charge is 0.330 e. The van der Waals surface area contributed by atoms with E-state index in [0.717, 1.165) is 12.5 Å². The van der Waals surface area contributed by atoms with Crippen LogP contribution in [-0.4, -0.2) is 31.6 Å². The Kier molecular flexibility index (Phi) is 4.87. The Morgan fingerprint density at radius 1 is 1.12 bits per heavy atom. The Labute approximate surface area is 107 Å². The summed E-state index contributed by atoms with van der Waals surface area (Å²) in [5.41, 5.74) is 6.42. The van der Waals surface area contributed by atoms with Crippen molar-refractivity contribution >= 4 is 0 Å². The van der Waals surface area contributed by atoms with Gasteiger partial charge in [0.1, 0.15) is 0 Å². The van der Waals surface area contributed by atoms with E-state index in [9.17, 15) is 0 Å². The second-order valence-corrected chi connectivity index (χ2v) is 6.59. The van der Waals surface area contributed by atoms with E-state index in [4.69, 9.17) is 5.73 Å². The van der Waals surface area contributed by atoms with E-state index in [-0.39, 0.29) is 0 Å². The van der Waals surface area contributed by atoms with Gasteiger partial charge in [-0.3, -0.25) is 0 Å². The van der Waals surface area contributed by atoms with E-state index in [1.54, 1.807) is 0 Å². The number of hydrogen-bond acceptors (Lipinski definition) is 2. The molecule has 2 nitrogen and oxygen atoms in total. The molecule has 0 aromatic rings. The summed E-state index contributed by atoms with van der Waals surface area (Å²) in [6, 6.07) is 0. The second kappa shape index (κ2) is 6.19. The molecule has 0 aromatic heterocycles. The lowest BCUT2D eigenvalue weighted by Crippen LogP contribution is -2.46. The predicted molar refractivity (Wildman–Crippen MR) is 74.0 cm³/mol. The van der Waals surface area contributed by atoms with Gasteiger partial charge in [-0.15, -0.1) is 0 Å². The summed E-state index contributed by atoms with van der Waals surface area (Å²) in [5, 5.41) is 0. The van der Waals surface area contributed by atoms with Crippen LogP contribution in [0.25, 0.3) is 0 Å². The number of rotatable bonds is 6. The maximum atomic E-state index is 5.93. The molecular weight excluding hydrogens is 208 g/mol. The minimum atomic E-state index is 0.487. The van der Waals surface area contributed by atoms with Crippen LogP contribution in [0.1, 0.15) is 57.8 Å². The van der Waals surface area contributed by atoms with Crippen LogP contribution in [0.15, 0.2) is 0 Å². The molecule has 0 aromatic carbocycles. The molecule has 0 bridgehead atoms. The maximum absolute atomic E-state index is 5.93. The fourth-order valence-electron chi connectivity index (χ4n) is 3.63. The third-order valence-corrected chi connectivity index (χ3v) is 5.10. The molecule has 2 fully saturated rings. The Hall–Kier alpha value is -0.0800. The molecule has 2 aliphatic rings. The Morgan fingerprint density at radius 3 is 2.35 bits per heavy atom. The van der Waals surface area contributed by atoms with Crippen molar-refractivity contribution in [3.8, 4) is 0 Å². The number of nitrogens with zero attached hydrogens (tertiary/aromatic N) is 1. The zero-order valence-electron chi connectivity index (χ0n) is 11.6. The van der Waals surface area contributed by atoms with E-state index in [0.29, 0.717) is 5.41 Å².